The second kappa shape index (κ2) is 9.84. The summed E-state index contributed by atoms with van der Waals surface area (Å²) in [4.78, 5) is 27.9. The molecule has 0 aromatic heterocycles. The lowest BCUT2D eigenvalue weighted by Gasteiger charge is -2.42. The Balaban J connectivity index is 1.47. The van der Waals surface area contributed by atoms with Crippen LogP contribution in [-0.4, -0.2) is 53.8 Å². The van der Waals surface area contributed by atoms with Crippen molar-refractivity contribution in [2.24, 2.45) is 5.92 Å². The summed E-state index contributed by atoms with van der Waals surface area (Å²) < 4.78 is 5.67. The van der Waals surface area contributed by atoms with Crippen LogP contribution in [0.1, 0.15) is 30.4 Å². The standard InChI is InChI=1S/C25H27N3O4/c26-15-19-8-10-21(11-9-19)28-17-22(32-25(28)31)16-27-12-4-7-20(14-24(29)30)23(27)13-18-5-2-1-3-6-18/h1-3,5-6,8-11,20,22-23H,4,7,12-14,16-17H2,(H,29,30). The van der Waals surface area contributed by atoms with Gasteiger partial charge in [0.1, 0.15) is 6.10 Å². The van der Waals surface area contributed by atoms with Crippen LogP contribution in [0.5, 0.6) is 0 Å². The number of rotatable bonds is 7. The SMILES string of the molecule is N#Cc1ccc(N2CC(CN3CCCC(CC(=O)O)C3Cc3ccccc3)OC2=O)cc1. The van der Waals surface area contributed by atoms with Gasteiger partial charge in [-0.15, -0.1) is 0 Å². The molecule has 0 bridgehead atoms. The summed E-state index contributed by atoms with van der Waals surface area (Å²) in [6.45, 7) is 1.87. The number of ether oxygens (including phenoxy) is 1. The Morgan fingerprint density at radius 3 is 2.59 bits per heavy atom. The number of nitriles is 1. The third kappa shape index (κ3) is 5.09. The van der Waals surface area contributed by atoms with E-state index in [4.69, 9.17) is 10.00 Å². The molecule has 2 saturated heterocycles. The topological polar surface area (TPSA) is 93.9 Å². The average Bonchev–Trinajstić information content (AvgIpc) is 3.16. The van der Waals surface area contributed by atoms with Crippen LogP contribution >= 0.6 is 0 Å². The highest BCUT2D eigenvalue weighted by Gasteiger charge is 2.38. The zero-order valence-electron chi connectivity index (χ0n) is 17.9. The molecule has 0 spiro atoms. The van der Waals surface area contributed by atoms with E-state index < -0.39 is 12.1 Å². The molecule has 0 radical (unpaired) electrons. The Bertz CT molecular complexity index is 986. The van der Waals surface area contributed by atoms with E-state index in [0.29, 0.717) is 24.3 Å². The van der Waals surface area contributed by atoms with E-state index in [1.807, 2.05) is 18.2 Å². The molecule has 2 heterocycles. The van der Waals surface area contributed by atoms with Crippen molar-refractivity contribution in [2.75, 3.05) is 24.5 Å². The van der Waals surface area contributed by atoms with Crippen LogP contribution in [0.25, 0.3) is 0 Å². The first-order valence-corrected chi connectivity index (χ1v) is 11.0. The number of cyclic esters (lactones) is 1. The maximum atomic E-state index is 12.5. The van der Waals surface area contributed by atoms with Gasteiger partial charge in [0.05, 0.1) is 18.2 Å². The lowest BCUT2D eigenvalue weighted by Crippen LogP contribution is -2.50. The van der Waals surface area contributed by atoms with Crippen LogP contribution in [0.3, 0.4) is 0 Å². The highest BCUT2D eigenvalue weighted by atomic mass is 16.6. The molecule has 2 aliphatic rings. The maximum absolute atomic E-state index is 12.5. The van der Waals surface area contributed by atoms with Gasteiger partial charge >= 0.3 is 12.1 Å². The van der Waals surface area contributed by atoms with Gasteiger partial charge in [-0.25, -0.2) is 4.79 Å². The summed E-state index contributed by atoms with van der Waals surface area (Å²) in [6, 6.07) is 19.2. The van der Waals surface area contributed by atoms with E-state index in [1.165, 1.54) is 5.56 Å². The van der Waals surface area contributed by atoms with Crippen molar-refractivity contribution in [3.63, 3.8) is 0 Å². The summed E-state index contributed by atoms with van der Waals surface area (Å²) in [7, 11) is 0. The molecule has 0 aliphatic carbocycles. The average molecular weight is 434 g/mol. The molecule has 32 heavy (non-hydrogen) atoms. The van der Waals surface area contributed by atoms with Crippen molar-refractivity contribution >= 4 is 17.7 Å². The van der Waals surface area contributed by atoms with Crippen LogP contribution in [0.4, 0.5) is 10.5 Å². The van der Waals surface area contributed by atoms with E-state index in [0.717, 1.165) is 25.8 Å². The molecule has 2 aromatic rings. The zero-order valence-corrected chi connectivity index (χ0v) is 17.9. The van der Waals surface area contributed by atoms with E-state index >= 15 is 0 Å². The molecule has 2 aliphatic heterocycles. The Kier molecular flexibility index (Phi) is 6.72. The number of carbonyl (C=O) groups is 2. The molecule has 2 aromatic carbocycles. The smallest absolute Gasteiger partial charge is 0.414 e. The highest BCUT2D eigenvalue weighted by molar-refractivity contribution is 5.89. The summed E-state index contributed by atoms with van der Waals surface area (Å²) >= 11 is 0. The first kappa shape index (κ1) is 21.8. The number of nitrogens with zero attached hydrogens (tertiary/aromatic N) is 3. The maximum Gasteiger partial charge on any atom is 0.414 e. The molecule has 7 nitrogen and oxygen atoms in total. The van der Waals surface area contributed by atoms with Gasteiger partial charge in [0.15, 0.2) is 0 Å². The van der Waals surface area contributed by atoms with Gasteiger partial charge in [0.2, 0.25) is 0 Å². The van der Waals surface area contributed by atoms with Gasteiger partial charge in [-0.05, 0) is 61.6 Å². The number of hydrogen-bond acceptors (Lipinski definition) is 5. The predicted molar refractivity (Wildman–Crippen MR) is 119 cm³/mol. The van der Waals surface area contributed by atoms with E-state index in [1.54, 1.807) is 29.2 Å². The van der Waals surface area contributed by atoms with E-state index in [2.05, 4.69) is 23.1 Å². The molecule has 3 unspecified atom stereocenters. The molecular weight excluding hydrogens is 406 g/mol. The van der Waals surface area contributed by atoms with Gasteiger partial charge < -0.3 is 9.84 Å². The minimum atomic E-state index is -0.769. The lowest BCUT2D eigenvalue weighted by molar-refractivity contribution is -0.139. The van der Waals surface area contributed by atoms with Crippen LogP contribution in [0.15, 0.2) is 54.6 Å². The number of benzene rings is 2. The van der Waals surface area contributed by atoms with Crippen LogP contribution in [0.2, 0.25) is 0 Å². The number of carboxylic acid groups (broad SMARTS) is 1. The van der Waals surface area contributed by atoms with Crippen LogP contribution in [-0.2, 0) is 16.0 Å². The molecule has 3 atom stereocenters. The summed E-state index contributed by atoms with van der Waals surface area (Å²) in [5.74, 6) is -0.706. The van der Waals surface area contributed by atoms with Crippen molar-refractivity contribution < 1.29 is 19.4 Å². The fourth-order valence-corrected chi connectivity index (χ4v) is 4.86. The molecule has 2 fully saturated rings. The van der Waals surface area contributed by atoms with Gasteiger partial charge in [0, 0.05) is 24.7 Å². The number of anilines is 1. The van der Waals surface area contributed by atoms with Crippen molar-refractivity contribution in [1.29, 1.82) is 5.26 Å². The van der Waals surface area contributed by atoms with Gasteiger partial charge in [-0.3, -0.25) is 14.6 Å². The second-order valence-electron chi connectivity index (χ2n) is 8.53. The number of carbonyl (C=O) groups excluding carboxylic acids is 1. The quantitative estimate of drug-likeness (QED) is 0.716. The molecular formula is C25H27N3O4. The summed E-state index contributed by atoms with van der Waals surface area (Å²) in [5.41, 5.74) is 2.43. The third-order valence-corrected chi connectivity index (χ3v) is 6.38. The van der Waals surface area contributed by atoms with Crippen molar-refractivity contribution in [1.82, 2.24) is 4.90 Å². The largest absolute Gasteiger partial charge is 0.481 e. The molecule has 1 amide bonds. The fraction of sp³-hybridized carbons (Fsp3) is 0.400. The van der Waals surface area contributed by atoms with Crippen LogP contribution < -0.4 is 4.90 Å². The summed E-state index contributed by atoms with van der Waals surface area (Å²) in [5, 5.41) is 18.4. The summed E-state index contributed by atoms with van der Waals surface area (Å²) in [6.07, 6.45) is 2.07. The minimum absolute atomic E-state index is 0.0631. The van der Waals surface area contributed by atoms with E-state index in [-0.39, 0.29) is 24.5 Å². The van der Waals surface area contributed by atoms with Gasteiger partial charge in [0.25, 0.3) is 0 Å². The normalized spacial score (nSPS) is 23.5. The number of hydrogen-bond donors (Lipinski definition) is 1. The van der Waals surface area contributed by atoms with Crippen molar-refractivity contribution in [2.45, 2.75) is 37.8 Å². The second-order valence-corrected chi connectivity index (χ2v) is 8.53. The Morgan fingerprint density at radius 2 is 1.91 bits per heavy atom. The molecule has 0 saturated carbocycles. The number of likely N-dealkylation sites (tertiary alicyclic amines) is 1. The number of amides is 1. The van der Waals surface area contributed by atoms with Crippen molar-refractivity contribution in [3.8, 4) is 6.07 Å². The first-order valence-electron chi connectivity index (χ1n) is 11.0. The fourth-order valence-electron chi connectivity index (χ4n) is 4.86. The molecule has 166 valence electrons. The number of piperidine rings is 1. The molecule has 7 heteroatoms. The Labute approximate surface area is 187 Å². The van der Waals surface area contributed by atoms with Gasteiger partial charge in [-0.2, -0.15) is 5.26 Å². The minimum Gasteiger partial charge on any atom is -0.481 e. The number of carboxylic acids is 1. The Hall–Kier alpha value is -3.37. The zero-order chi connectivity index (χ0) is 22.5. The van der Waals surface area contributed by atoms with E-state index in [9.17, 15) is 14.7 Å². The predicted octanol–water partition coefficient (Wildman–Crippen LogP) is 3.68. The van der Waals surface area contributed by atoms with Crippen LogP contribution in [0, 0.1) is 17.2 Å². The molecule has 4 rings (SSSR count). The van der Waals surface area contributed by atoms with Gasteiger partial charge in [-0.1, -0.05) is 30.3 Å². The Morgan fingerprint density at radius 1 is 1.16 bits per heavy atom. The first-order chi connectivity index (χ1) is 15.5. The highest BCUT2D eigenvalue weighted by Crippen LogP contribution is 2.31. The number of aliphatic carboxylic acids is 1. The lowest BCUT2D eigenvalue weighted by atomic mass is 9.83. The van der Waals surface area contributed by atoms with Crippen molar-refractivity contribution in [3.05, 3.63) is 65.7 Å². The molecule has 1 N–H and O–H groups in total. The third-order valence-electron chi connectivity index (χ3n) is 6.38. The monoisotopic (exact) mass is 433 g/mol.